The van der Waals surface area contributed by atoms with Crippen molar-refractivity contribution in [3.8, 4) is 0 Å². The van der Waals surface area contributed by atoms with Gasteiger partial charge in [-0.1, -0.05) is 6.07 Å². The summed E-state index contributed by atoms with van der Waals surface area (Å²) < 4.78 is 23.0. The molecule has 1 aliphatic heterocycles. The molecule has 0 amide bonds. The Bertz CT molecular complexity index is 1040. The summed E-state index contributed by atoms with van der Waals surface area (Å²) in [5, 5.41) is 18.5. The lowest BCUT2D eigenvalue weighted by Crippen LogP contribution is -2.33. The fourth-order valence-corrected chi connectivity index (χ4v) is 3.91. The van der Waals surface area contributed by atoms with Crippen LogP contribution in [0.15, 0.2) is 30.3 Å². The summed E-state index contributed by atoms with van der Waals surface area (Å²) in [5.74, 6) is -2.18. The van der Waals surface area contributed by atoms with Crippen LogP contribution in [0.5, 0.6) is 0 Å². The van der Waals surface area contributed by atoms with Gasteiger partial charge in [0.15, 0.2) is 5.69 Å². The van der Waals surface area contributed by atoms with Gasteiger partial charge in [0, 0.05) is 45.0 Å². The number of carboxylic acid groups (broad SMARTS) is 2. The Morgan fingerprint density at radius 2 is 1.15 bits per heavy atom. The number of hydrogen-bond donors (Lipinski definition) is 3. The molecule has 214 valence electrons. The highest BCUT2D eigenvalue weighted by molar-refractivity contribution is 5.86. The van der Waals surface area contributed by atoms with Gasteiger partial charge in [-0.2, -0.15) is 0 Å². The minimum Gasteiger partial charge on any atom is -0.477 e. The highest BCUT2D eigenvalue weighted by Crippen LogP contribution is 2.11. The first-order valence-corrected chi connectivity index (χ1v) is 12.9. The van der Waals surface area contributed by atoms with Crippen LogP contribution in [0.2, 0.25) is 0 Å². The van der Waals surface area contributed by atoms with Crippen LogP contribution >= 0.6 is 0 Å². The van der Waals surface area contributed by atoms with E-state index in [-0.39, 0.29) is 11.4 Å². The Hall–Kier alpha value is -3.20. The SMILES string of the molecule is Nc1cc(CN2CCOCCOCCN(Cc3cccc(C(=O)O)n3)CCOCCOCC2)nc(C(=O)O)c1. The van der Waals surface area contributed by atoms with Gasteiger partial charge in [-0.05, 0) is 24.3 Å². The number of aromatic nitrogens is 2. The molecular weight excluding hydrogens is 510 g/mol. The van der Waals surface area contributed by atoms with Crippen molar-refractivity contribution in [2.75, 3.05) is 84.8 Å². The van der Waals surface area contributed by atoms with Gasteiger partial charge in [-0.3, -0.25) is 9.80 Å². The van der Waals surface area contributed by atoms with E-state index in [0.29, 0.717) is 109 Å². The molecule has 13 nitrogen and oxygen atoms in total. The van der Waals surface area contributed by atoms with Gasteiger partial charge < -0.3 is 34.9 Å². The van der Waals surface area contributed by atoms with Crippen LogP contribution < -0.4 is 5.73 Å². The number of carboxylic acids is 2. The van der Waals surface area contributed by atoms with Gasteiger partial charge in [-0.15, -0.1) is 0 Å². The second-order valence-electron chi connectivity index (χ2n) is 8.90. The molecule has 0 saturated carbocycles. The summed E-state index contributed by atoms with van der Waals surface area (Å²) in [5.41, 5.74) is 7.38. The number of hydrogen-bond acceptors (Lipinski definition) is 11. The minimum absolute atomic E-state index is 0.0171. The molecule has 0 radical (unpaired) electrons. The lowest BCUT2D eigenvalue weighted by atomic mass is 10.2. The Morgan fingerprint density at radius 3 is 1.64 bits per heavy atom. The molecule has 3 heterocycles. The number of ether oxygens (including phenoxy) is 4. The van der Waals surface area contributed by atoms with Crippen molar-refractivity contribution < 1.29 is 38.7 Å². The summed E-state index contributed by atoms with van der Waals surface area (Å²) in [6, 6.07) is 7.97. The van der Waals surface area contributed by atoms with Gasteiger partial charge in [0.2, 0.25) is 0 Å². The molecule has 1 aliphatic rings. The maximum absolute atomic E-state index is 11.3. The van der Waals surface area contributed by atoms with E-state index in [2.05, 4.69) is 19.8 Å². The van der Waals surface area contributed by atoms with E-state index in [0.717, 1.165) is 0 Å². The van der Waals surface area contributed by atoms with Crippen molar-refractivity contribution in [3.63, 3.8) is 0 Å². The van der Waals surface area contributed by atoms with Crippen molar-refractivity contribution in [2.45, 2.75) is 13.1 Å². The number of nitrogen functional groups attached to an aromatic ring is 1. The van der Waals surface area contributed by atoms with Crippen LogP contribution in [0.25, 0.3) is 0 Å². The van der Waals surface area contributed by atoms with Crippen molar-refractivity contribution in [2.24, 2.45) is 0 Å². The number of pyridine rings is 2. The quantitative estimate of drug-likeness (QED) is 0.465. The molecule has 0 bridgehead atoms. The molecule has 39 heavy (non-hydrogen) atoms. The lowest BCUT2D eigenvalue weighted by molar-refractivity contribution is 0.00597. The molecule has 13 heteroatoms. The zero-order valence-electron chi connectivity index (χ0n) is 22.0. The molecule has 2 aromatic heterocycles. The topological polar surface area (TPSA) is 170 Å². The molecule has 0 spiro atoms. The van der Waals surface area contributed by atoms with Crippen LogP contribution in [-0.2, 0) is 32.0 Å². The average molecular weight is 548 g/mol. The molecular formula is C26H37N5O8. The van der Waals surface area contributed by atoms with Gasteiger partial charge in [0.05, 0.1) is 64.2 Å². The molecule has 0 aromatic carbocycles. The second kappa shape index (κ2) is 16.7. The summed E-state index contributed by atoms with van der Waals surface area (Å²) in [6.07, 6.45) is 0. The van der Waals surface area contributed by atoms with E-state index < -0.39 is 11.9 Å². The summed E-state index contributed by atoms with van der Waals surface area (Å²) in [6.45, 7) is 6.89. The van der Waals surface area contributed by atoms with Crippen LogP contribution in [0.1, 0.15) is 32.4 Å². The zero-order valence-corrected chi connectivity index (χ0v) is 22.0. The predicted octanol–water partition coefficient (Wildman–Crippen LogP) is 0.839. The first kappa shape index (κ1) is 30.3. The normalized spacial score (nSPS) is 18.2. The number of rotatable bonds is 6. The standard InChI is InChI=1S/C26H37N5O8/c27-20-16-22(29-24(17-20)26(34)35)19-31-6-10-38-14-12-36-8-4-30(5-9-37-13-15-39-11-7-31)18-21-2-1-3-23(28-21)25(32)33/h1-3,16-17H,4-15,18-19H2,(H2,27,29)(H,32,33)(H,34,35). The lowest BCUT2D eigenvalue weighted by Gasteiger charge is -2.23. The largest absolute Gasteiger partial charge is 0.477 e. The van der Waals surface area contributed by atoms with Gasteiger partial charge in [-0.25, -0.2) is 19.6 Å². The molecule has 2 aromatic rings. The smallest absolute Gasteiger partial charge is 0.354 e. The van der Waals surface area contributed by atoms with E-state index in [9.17, 15) is 19.8 Å². The van der Waals surface area contributed by atoms with Gasteiger partial charge >= 0.3 is 11.9 Å². The molecule has 1 saturated heterocycles. The van der Waals surface area contributed by atoms with Crippen LogP contribution in [-0.4, -0.2) is 121 Å². The molecule has 1 fully saturated rings. The first-order chi connectivity index (χ1) is 18.9. The number of carbonyl (C=O) groups is 2. The minimum atomic E-state index is -1.12. The number of nitrogens with two attached hydrogens (primary N) is 1. The highest BCUT2D eigenvalue weighted by Gasteiger charge is 2.13. The van der Waals surface area contributed by atoms with Crippen LogP contribution in [0.3, 0.4) is 0 Å². The third-order valence-electron chi connectivity index (χ3n) is 5.87. The Kier molecular flexibility index (Phi) is 13.0. The molecule has 0 aliphatic carbocycles. The van der Waals surface area contributed by atoms with E-state index in [1.165, 1.54) is 12.1 Å². The average Bonchev–Trinajstić information content (AvgIpc) is 2.90. The zero-order chi connectivity index (χ0) is 27.9. The van der Waals surface area contributed by atoms with Crippen molar-refractivity contribution >= 4 is 17.6 Å². The Morgan fingerprint density at radius 1 is 0.692 bits per heavy atom. The van der Waals surface area contributed by atoms with Gasteiger partial charge in [0.25, 0.3) is 0 Å². The van der Waals surface area contributed by atoms with Crippen LogP contribution in [0.4, 0.5) is 5.69 Å². The number of aromatic carboxylic acids is 2. The number of nitrogens with zero attached hydrogens (tertiary/aromatic N) is 4. The third kappa shape index (κ3) is 11.6. The second-order valence-corrected chi connectivity index (χ2v) is 8.90. The van der Waals surface area contributed by atoms with Gasteiger partial charge in [0.1, 0.15) is 5.69 Å². The Labute approximate surface area is 227 Å². The monoisotopic (exact) mass is 547 g/mol. The Balaban J connectivity index is 1.50. The fraction of sp³-hybridized carbons (Fsp3) is 0.538. The summed E-state index contributed by atoms with van der Waals surface area (Å²) in [4.78, 5) is 35.1. The summed E-state index contributed by atoms with van der Waals surface area (Å²) >= 11 is 0. The van der Waals surface area contributed by atoms with Crippen molar-refractivity contribution in [1.29, 1.82) is 0 Å². The van der Waals surface area contributed by atoms with E-state index in [4.69, 9.17) is 24.7 Å². The molecule has 3 rings (SSSR count). The van der Waals surface area contributed by atoms with E-state index >= 15 is 0 Å². The van der Waals surface area contributed by atoms with E-state index in [1.807, 2.05) is 0 Å². The molecule has 4 N–H and O–H groups in total. The maximum atomic E-state index is 11.3. The van der Waals surface area contributed by atoms with E-state index in [1.54, 1.807) is 18.2 Å². The predicted molar refractivity (Wildman–Crippen MR) is 141 cm³/mol. The first-order valence-electron chi connectivity index (χ1n) is 12.9. The fourth-order valence-electron chi connectivity index (χ4n) is 3.91. The summed E-state index contributed by atoms with van der Waals surface area (Å²) in [7, 11) is 0. The maximum Gasteiger partial charge on any atom is 0.354 e. The van der Waals surface area contributed by atoms with Crippen molar-refractivity contribution in [1.82, 2.24) is 19.8 Å². The molecule has 0 unspecified atom stereocenters. The number of anilines is 1. The highest BCUT2D eigenvalue weighted by atomic mass is 16.5. The van der Waals surface area contributed by atoms with Crippen molar-refractivity contribution in [3.05, 3.63) is 53.1 Å². The third-order valence-corrected chi connectivity index (χ3v) is 5.87. The van der Waals surface area contributed by atoms with Crippen LogP contribution in [0, 0.1) is 0 Å². The molecule has 0 atom stereocenters.